The molecule has 0 saturated carbocycles. The number of ether oxygens (including phenoxy) is 1. The van der Waals surface area contributed by atoms with E-state index < -0.39 is 5.97 Å². The normalized spacial score (nSPS) is 16.7. The van der Waals surface area contributed by atoms with E-state index in [1.165, 1.54) is 17.2 Å². The third-order valence-electron chi connectivity index (χ3n) is 3.85. The second-order valence-corrected chi connectivity index (χ2v) is 6.43. The van der Waals surface area contributed by atoms with Crippen molar-refractivity contribution in [2.24, 2.45) is 5.92 Å². The molecule has 0 amide bonds. The zero-order chi connectivity index (χ0) is 16.3. The van der Waals surface area contributed by atoms with Gasteiger partial charge in [-0.1, -0.05) is 25.5 Å². The number of carboxylic acids is 1. The van der Waals surface area contributed by atoms with Crippen molar-refractivity contribution in [2.75, 3.05) is 0 Å². The van der Waals surface area contributed by atoms with Crippen LogP contribution in [0.4, 0.5) is 0 Å². The number of hydrogen-bond acceptors (Lipinski definition) is 2. The fourth-order valence-electron chi connectivity index (χ4n) is 2.60. The maximum Gasteiger partial charge on any atom is 0.328 e. The Morgan fingerprint density at radius 1 is 1.41 bits per heavy atom. The lowest BCUT2D eigenvalue weighted by Gasteiger charge is -2.15. The minimum Gasteiger partial charge on any atom is -0.489 e. The highest BCUT2D eigenvalue weighted by Gasteiger charge is 2.27. The number of aliphatic carboxylic acids is 1. The van der Waals surface area contributed by atoms with Gasteiger partial charge in [0.25, 0.3) is 0 Å². The van der Waals surface area contributed by atoms with Crippen LogP contribution in [0.25, 0.3) is 6.08 Å². The lowest BCUT2D eigenvalue weighted by Crippen LogP contribution is -2.20. The van der Waals surface area contributed by atoms with E-state index >= 15 is 0 Å². The number of allylic oxidation sites excluding steroid dienone is 2. The topological polar surface area (TPSA) is 46.5 Å². The average Bonchev–Trinajstić information content (AvgIpc) is 2.86. The van der Waals surface area contributed by atoms with Gasteiger partial charge >= 0.3 is 5.97 Å². The lowest BCUT2D eigenvalue weighted by molar-refractivity contribution is -0.131. The molecule has 1 N–H and O–H groups in total. The zero-order valence-electron chi connectivity index (χ0n) is 13.7. The molecule has 1 aliphatic heterocycles. The second-order valence-electron chi connectivity index (χ2n) is 6.43. The first-order valence-corrected chi connectivity index (χ1v) is 7.73. The fourth-order valence-corrected chi connectivity index (χ4v) is 2.60. The summed E-state index contributed by atoms with van der Waals surface area (Å²) in [6, 6.07) is 4.07. The molecule has 3 nitrogen and oxygen atoms in total. The van der Waals surface area contributed by atoms with Gasteiger partial charge in [-0.2, -0.15) is 0 Å². The van der Waals surface area contributed by atoms with Crippen LogP contribution in [0.5, 0.6) is 5.75 Å². The molecule has 0 fully saturated rings. The van der Waals surface area contributed by atoms with Crippen LogP contribution in [-0.4, -0.2) is 17.2 Å². The first-order chi connectivity index (χ1) is 10.4. The molecule has 0 bridgehead atoms. The molecule has 0 saturated heterocycles. The molecule has 0 radical (unpaired) electrons. The van der Waals surface area contributed by atoms with Crippen molar-refractivity contribution in [3.05, 3.63) is 46.5 Å². The molecule has 0 aliphatic carbocycles. The molecule has 1 atom stereocenters. The Bertz CT molecular complexity index is 620. The van der Waals surface area contributed by atoms with Gasteiger partial charge in [-0.05, 0) is 61.1 Å². The Labute approximate surface area is 132 Å². The highest BCUT2D eigenvalue weighted by Crippen LogP contribution is 2.37. The third-order valence-corrected chi connectivity index (χ3v) is 3.85. The monoisotopic (exact) mass is 300 g/mol. The SMILES string of the molecule is CC(C)=CCc1cc(/C=C/C(=O)O)cc2c1OC(C(C)C)C2. The van der Waals surface area contributed by atoms with Crippen LogP contribution in [0.1, 0.15) is 44.4 Å². The Morgan fingerprint density at radius 2 is 2.14 bits per heavy atom. The quantitative estimate of drug-likeness (QED) is 0.653. The number of benzene rings is 1. The fraction of sp³-hybridized carbons (Fsp3) is 0.421. The summed E-state index contributed by atoms with van der Waals surface area (Å²) < 4.78 is 6.14. The molecule has 22 heavy (non-hydrogen) atoms. The Kier molecular flexibility index (Phi) is 5.07. The summed E-state index contributed by atoms with van der Waals surface area (Å²) in [7, 11) is 0. The molecular formula is C19H24O3. The number of fused-ring (bicyclic) bond motifs is 1. The van der Waals surface area contributed by atoms with E-state index in [1.807, 2.05) is 12.1 Å². The molecule has 1 aromatic carbocycles. The van der Waals surface area contributed by atoms with E-state index in [0.717, 1.165) is 29.7 Å². The molecule has 1 aromatic rings. The molecule has 1 heterocycles. The van der Waals surface area contributed by atoms with Gasteiger partial charge in [0.05, 0.1) is 0 Å². The number of carboxylic acid groups (broad SMARTS) is 1. The maximum atomic E-state index is 10.7. The summed E-state index contributed by atoms with van der Waals surface area (Å²) in [6.45, 7) is 8.48. The van der Waals surface area contributed by atoms with Crippen LogP contribution >= 0.6 is 0 Å². The first-order valence-electron chi connectivity index (χ1n) is 7.73. The van der Waals surface area contributed by atoms with E-state index in [9.17, 15) is 4.79 Å². The molecular weight excluding hydrogens is 276 g/mol. The van der Waals surface area contributed by atoms with Crippen LogP contribution in [0.15, 0.2) is 29.9 Å². The predicted octanol–water partition coefficient (Wildman–Crippen LogP) is 4.25. The Hall–Kier alpha value is -2.03. The van der Waals surface area contributed by atoms with Gasteiger partial charge in [-0.25, -0.2) is 4.79 Å². The van der Waals surface area contributed by atoms with Crippen molar-refractivity contribution >= 4 is 12.0 Å². The summed E-state index contributed by atoms with van der Waals surface area (Å²) in [6.07, 6.45) is 6.92. The largest absolute Gasteiger partial charge is 0.489 e. The summed E-state index contributed by atoms with van der Waals surface area (Å²) in [4.78, 5) is 10.7. The smallest absolute Gasteiger partial charge is 0.328 e. The molecule has 0 spiro atoms. The van der Waals surface area contributed by atoms with Crippen molar-refractivity contribution in [3.63, 3.8) is 0 Å². The van der Waals surface area contributed by atoms with Gasteiger partial charge in [0.1, 0.15) is 11.9 Å². The van der Waals surface area contributed by atoms with Crippen LogP contribution in [-0.2, 0) is 17.6 Å². The van der Waals surface area contributed by atoms with Gasteiger partial charge in [0, 0.05) is 12.5 Å². The highest BCUT2D eigenvalue weighted by molar-refractivity contribution is 5.85. The van der Waals surface area contributed by atoms with E-state index in [-0.39, 0.29) is 6.10 Å². The van der Waals surface area contributed by atoms with Crippen LogP contribution in [0, 0.1) is 5.92 Å². The minimum atomic E-state index is -0.928. The van der Waals surface area contributed by atoms with E-state index in [0.29, 0.717) is 5.92 Å². The van der Waals surface area contributed by atoms with Gasteiger partial charge < -0.3 is 9.84 Å². The first kappa shape index (κ1) is 16.3. The number of rotatable bonds is 5. The van der Waals surface area contributed by atoms with Crippen molar-refractivity contribution in [1.82, 2.24) is 0 Å². The second kappa shape index (κ2) is 6.82. The van der Waals surface area contributed by atoms with Crippen molar-refractivity contribution in [1.29, 1.82) is 0 Å². The molecule has 1 aliphatic rings. The maximum absolute atomic E-state index is 10.7. The average molecular weight is 300 g/mol. The third kappa shape index (κ3) is 4.00. The van der Waals surface area contributed by atoms with Crippen molar-refractivity contribution < 1.29 is 14.6 Å². The van der Waals surface area contributed by atoms with E-state index in [4.69, 9.17) is 9.84 Å². The van der Waals surface area contributed by atoms with Crippen LogP contribution in [0.2, 0.25) is 0 Å². The van der Waals surface area contributed by atoms with Gasteiger partial charge in [-0.15, -0.1) is 0 Å². The summed E-state index contributed by atoms with van der Waals surface area (Å²) >= 11 is 0. The van der Waals surface area contributed by atoms with Crippen LogP contribution in [0.3, 0.4) is 0 Å². The van der Waals surface area contributed by atoms with E-state index in [1.54, 1.807) is 6.08 Å². The van der Waals surface area contributed by atoms with E-state index in [2.05, 4.69) is 33.8 Å². The summed E-state index contributed by atoms with van der Waals surface area (Å²) in [5.41, 5.74) is 4.50. The molecule has 2 rings (SSSR count). The summed E-state index contributed by atoms with van der Waals surface area (Å²) in [5, 5.41) is 8.81. The zero-order valence-corrected chi connectivity index (χ0v) is 13.7. The predicted molar refractivity (Wildman–Crippen MR) is 89.2 cm³/mol. The van der Waals surface area contributed by atoms with Crippen molar-refractivity contribution in [2.45, 2.75) is 46.6 Å². The Balaban J connectivity index is 2.38. The molecule has 1 unspecified atom stereocenters. The van der Waals surface area contributed by atoms with Gasteiger partial charge in [0.15, 0.2) is 0 Å². The molecule has 3 heteroatoms. The van der Waals surface area contributed by atoms with Crippen LogP contribution < -0.4 is 4.74 Å². The molecule has 0 aromatic heterocycles. The Morgan fingerprint density at radius 3 is 2.73 bits per heavy atom. The minimum absolute atomic E-state index is 0.208. The standard InChI is InChI=1S/C19H24O3/c1-12(2)5-7-15-9-14(6-8-18(20)21)10-16-11-17(13(3)4)22-19(15)16/h5-6,8-10,13,17H,7,11H2,1-4H3,(H,20,21)/b8-6+. The number of carbonyl (C=O) groups is 1. The number of hydrogen-bond donors (Lipinski definition) is 1. The summed E-state index contributed by atoms with van der Waals surface area (Å²) in [5.74, 6) is 0.521. The molecule has 118 valence electrons. The highest BCUT2D eigenvalue weighted by atomic mass is 16.5. The lowest BCUT2D eigenvalue weighted by atomic mass is 9.97. The van der Waals surface area contributed by atoms with Gasteiger partial charge in [-0.3, -0.25) is 0 Å². The van der Waals surface area contributed by atoms with Gasteiger partial charge in [0.2, 0.25) is 0 Å². The van der Waals surface area contributed by atoms with Crippen molar-refractivity contribution in [3.8, 4) is 5.75 Å².